The van der Waals surface area contributed by atoms with Crippen LogP contribution >= 0.6 is 0 Å². The Morgan fingerprint density at radius 3 is 2.58 bits per heavy atom. The lowest BCUT2D eigenvalue weighted by Gasteiger charge is -2.20. The van der Waals surface area contributed by atoms with Crippen LogP contribution in [0.1, 0.15) is 52.6 Å². The number of carbonyl (C=O) groups excluding carboxylic acids is 1. The van der Waals surface area contributed by atoms with Crippen LogP contribution in [0.25, 0.3) is 0 Å². The summed E-state index contributed by atoms with van der Waals surface area (Å²) in [6, 6.07) is 0. The highest BCUT2D eigenvalue weighted by Gasteiger charge is 2.19. The maximum Gasteiger partial charge on any atom is 0.306 e. The highest BCUT2D eigenvalue weighted by atomic mass is 16.6. The summed E-state index contributed by atoms with van der Waals surface area (Å²) in [6.45, 7) is 9.85. The lowest BCUT2D eigenvalue weighted by atomic mass is 10.0. The van der Waals surface area contributed by atoms with Gasteiger partial charge in [-0.3, -0.25) is 4.79 Å². The molecule has 0 amide bonds. The first-order chi connectivity index (χ1) is 8.73. The first-order valence-corrected chi connectivity index (χ1v) is 6.94. The molecule has 0 aliphatic carbocycles. The summed E-state index contributed by atoms with van der Waals surface area (Å²) in [5, 5.41) is 0. The second-order valence-electron chi connectivity index (χ2n) is 6.18. The zero-order valence-electron chi connectivity index (χ0n) is 13.0. The fourth-order valence-electron chi connectivity index (χ4n) is 2.06. The maximum absolute atomic E-state index is 11.8. The number of hydrogen-bond acceptors (Lipinski definition) is 3. The highest BCUT2D eigenvalue weighted by molar-refractivity contribution is 5.70. The minimum atomic E-state index is -0.407. The number of ether oxygens (including phenoxy) is 1. The lowest BCUT2D eigenvalue weighted by molar-refractivity contribution is -0.155. The first kappa shape index (κ1) is 15.7. The van der Waals surface area contributed by atoms with Gasteiger partial charge in [-0.2, -0.15) is 0 Å². The predicted octanol–water partition coefficient (Wildman–Crippen LogP) is 2.89. The van der Waals surface area contributed by atoms with E-state index in [1.54, 1.807) is 0 Å². The Morgan fingerprint density at radius 2 is 2.11 bits per heavy atom. The summed E-state index contributed by atoms with van der Waals surface area (Å²) in [6.07, 6.45) is 4.13. The second kappa shape index (κ2) is 6.22. The van der Waals surface area contributed by atoms with E-state index in [1.807, 2.05) is 34.0 Å². The van der Waals surface area contributed by atoms with Gasteiger partial charge in [0.2, 0.25) is 0 Å². The van der Waals surface area contributed by atoms with Crippen molar-refractivity contribution in [2.75, 3.05) is 0 Å². The normalized spacial score (nSPS) is 13.4. The molecule has 0 saturated heterocycles. The molecule has 0 saturated carbocycles. The largest absolute Gasteiger partial charge is 0.460 e. The summed E-state index contributed by atoms with van der Waals surface area (Å²) >= 11 is 0. The van der Waals surface area contributed by atoms with E-state index in [9.17, 15) is 4.79 Å². The van der Waals surface area contributed by atoms with Crippen molar-refractivity contribution in [2.24, 2.45) is 13.0 Å². The third-order valence-corrected chi connectivity index (χ3v) is 3.01. The van der Waals surface area contributed by atoms with Crippen molar-refractivity contribution in [3.8, 4) is 0 Å². The molecule has 1 aromatic heterocycles. The summed E-state index contributed by atoms with van der Waals surface area (Å²) in [7, 11) is 2.03. The molecule has 1 aromatic rings. The number of aryl methyl sites for hydroxylation is 1. The molecule has 0 radical (unpaired) electrons. The molecule has 0 N–H and O–H groups in total. The van der Waals surface area contributed by atoms with Gasteiger partial charge < -0.3 is 9.30 Å². The SMILES string of the molecule is CCc1cnc(CC(C)CC(=O)OC(C)(C)C)n1C. The number of rotatable bonds is 5. The molecule has 1 rings (SSSR count). The number of nitrogens with zero attached hydrogens (tertiary/aromatic N) is 2. The summed E-state index contributed by atoms with van der Waals surface area (Å²) in [4.78, 5) is 16.2. The van der Waals surface area contributed by atoms with Gasteiger partial charge in [0, 0.05) is 31.8 Å². The van der Waals surface area contributed by atoms with Gasteiger partial charge in [-0.15, -0.1) is 0 Å². The van der Waals surface area contributed by atoms with Gasteiger partial charge in [-0.05, 0) is 33.1 Å². The summed E-state index contributed by atoms with van der Waals surface area (Å²) in [5.74, 6) is 1.14. The van der Waals surface area contributed by atoms with Gasteiger partial charge in [0.25, 0.3) is 0 Å². The van der Waals surface area contributed by atoms with E-state index in [2.05, 4.69) is 23.4 Å². The number of carbonyl (C=O) groups is 1. The van der Waals surface area contributed by atoms with Crippen LogP contribution in [0, 0.1) is 5.92 Å². The van der Waals surface area contributed by atoms with E-state index < -0.39 is 5.60 Å². The van der Waals surface area contributed by atoms with Gasteiger partial charge in [-0.1, -0.05) is 13.8 Å². The zero-order chi connectivity index (χ0) is 14.6. The number of imidazole rings is 1. The Labute approximate surface area is 116 Å². The molecule has 0 spiro atoms. The number of hydrogen-bond donors (Lipinski definition) is 0. The Hall–Kier alpha value is -1.32. The Balaban J connectivity index is 2.53. The molecule has 1 atom stereocenters. The summed E-state index contributed by atoms with van der Waals surface area (Å²) in [5.41, 5.74) is 0.814. The quantitative estimate of drug-likeness (QED) is 0.770. The van der Waals surface area contributed by atoms with Crippen LogP contribution < -0.4 is 0 Å². The highest BCUT2D eigenvalue weighted by Crippen LogP contribution is 2.15. The van der Waals surface area contributed by atoms with Crippen molar-refractivity contribution in [2.45, 2.75) is 59.5 Å². The average molecular weight is 266 g/mol. The maximum atomic E-state index is 11.8. The summed E-state index contributed by atoms with van der Waals surface area (Å²) < 4.78 is 7.45. The molecule has 0 fully saturated rings. The molecule has 1 heterocycles. The zero-order valence-corrected chi connectivity index (χ0v) is 13.0. The molecule has 0 bridgehead atoms. The third kappa shape index (κ3) is 5.05. The van der Waals surface area contributed by atoms with Crippen LogP contribution in [0.4, 0.5) is 0 Å². The second-order valence-corrected chi connectivity index (χ2v) is 6.18. The molecule has 108 valence electrons. The van der Waals surface area contributed by atoms with Crippen LogP contribution in [0.2, 0.25) is 0 Å². The van der Waals surface area contributed by atoms with E-state index in [1.165, 1.54) is 5.69 Å². The Morgan fingerprint density at radius 1 is 1.47 bits per heavy atom. The molecule has 0 aliphatic rings. The number of aromatic nitrogens is 2. The minimum Gasteiger partial charge on any atom is -0.460 e. The van der Waals surface area contributed by atoms with Crippen LogP contribution in [-0.4, -0.2) is 21.1 Å². The van der Waals surface area contributed by atoms with Crippen LogP contribution in [0.5, 0.6) is 0 Å². The van der Waals surface area contributed by atoms with E-state index in [-0.39, 0.29) is 11.9 Å². The molecule has 0 aliphatic heterocycles. The minimum absolute atomic E-state index is 0.134. The van der Waals surface area contributed by atoms with Crippen molar-refractivity contribution in [3.05, 3.63) is 17.7 Å². The van der Waals surface area contributed by atoms with Crippen molar-refractivity contribution < 1.29 is 9.53 Å². The van der Waals surface area contributed by atoms with Crippen LogP contribution in [-0.2, 0) is 29.4 Å². The fraction of sp³-hybridized carbons (Fsp3) is 0.733. The van der Waals surface area contributed by atoms with Gasteiger partial charge in [0.05, 0.1) is 0 Å². The first-order valence-electron chi connectivity index (χ1n) is 6.94. The van der Waals surface area contributed by atoms with E-state index in [0.717, 1.165) is 18.7 Å². The van der Waals surface area contributed by atoms with Crippen molar-refractivity contribution >= 4 is 5.97 Å². The molecular formula is C15H26N2O2. The number of esters is 1. The Kier molecular flexibility index (Phi) is 5.15. The monoisotopic (exact) mass is 266 g/mol. The van der Waals surface area contributed by atoms with E-state index in [4.69, 9.17) is 4.74 Å². The topological polar surface area (TPSA) is 44.1 Å². The van der Waals surface area contributed by atoms with Crippen molar-refractivity contribution in [1.82, 2.24) is 9.55 Å². The fourth-order valence-corrected chi connectivity index (χ4v) is 2.06. The lowest BCUT2D eigenvalue weighted by Crippen LogP contribution is -2.25. The molecular weight excluding hydrogens is 240 g/mol. The third-order valence-electron chi connectivity index (χ3n) is 3.01. The molecule has 1 unspecified atom stereocenters. The van der Waals surface area contributed by atoms with Crippen LogP contribution in [0.15, 0.2) is 6.20 Å². The van der Waals surface area contributed by atoms with Gasteiger partial charge in [-0.25, -0.2) is 4.98 Å². The Bertz CT molecular complexity index is 430. The van der Waals surface area contributed by atoms with Gasteiger partial charge in [0.15, 0.2) is 0 Å². The van der Waals surface area contributed by atoms with Gasteiger partial charge >= 0.3 is 5.97 Å². The smallest absolute Gasteiger partial charge is 0.306 e. The van der Waals surface area contributed by atoms with E-state index in [0.29, 0.717) is 6.42 Å². The van der Waals surface area contributed by atoms with E-state index >= 15 is 0 Å². The average Bonchev–Trinajstić information content (AvgIpc) is 2.56. The molecule has 19 heavy (non-hydrogen) atoms. The molecule has 4 heteroatoms. The van der Waals surface area contributed by atoms with Crippen LogP contribution in [0.3, 0.4) is 0 Å². The van der Waals surface area contributed by atoms with Crippen molar-refractivity contribution in [3.63, 3.8) is 0 Å². The molecule has 4 nitrogen and oxygen atoms in total. The van der Waals surface area contributed by atoms with Crippen molar-refractivity contribution in [1.29, 1.82) is 0 Å². The van der Waals surface area contributed by atoms with Gasteiger partial charge in [0.1, 0.15) is 11.4 Å². The molecule has 0 aromatic carbocycles. The standard InChI is InChI=1S/C15H26N2O2/c1-7-12-10-16-13(17(12)6)8-11(2)9-14(18)19-15(3,4)5/h10-11H,7-9H2,1-6H3. The predicted molar refractivity (Wildman–Crippen MR) is 75.9 cm³/mol.